The predicted molar refractivity (Wildman–Crippen MR) is 51.6 cm³/mol. The molecule has 0 spiro atoms. The Morgan fingerprint density at radius 2 is 2.46 bits per heavy atom. The van der Waals surface area contributed by atoms with E-state index in [1.54, 1.807) is 13.3 Å². The third-order valence-electron chi connectivity index (χ3n) is 1.72. The van der Waals surface area contributed by atoms with Crippen LogP contribution in [-0.4, -0.2) is 30.0 Å². The van der Waals surface area contributed by atoms with Gasteiger partial charge < -0.3 is 10.1 Å². The maximum atomic E-state index is 4.97. The highest BCUT2D eigenvalue weighted by Gasteiger charge is 2.01. The van der Waals surface area contributed by atoms with Gasteiger partial charge in [-0.2, -0.15) is 5.10 Å². The molecule has 0 bridgehead atoms. The molecule has 1 atom stereocenters. The Bertz CT molecular complexity index is 228. The van der Waals surface area contributed by atoms with Crippen LogP contribution in [0, 0.1) is 0 Å². The van der Waals surface area contributed by atoms with Crippen LogP contribution in [0.5, 0.6) is 0 Å². The molecule has 1 N–H and O–H groups in total. The van der Waals surface area contributed by atoms with Crippen LogP contribution in [0.15, 0.2) is 18.3 Å². The van der Waals surface area contributed by atoms with E-state index in [0.717, 1.165) is 18.8 Å². The monoisotopic (exact) mass is 181 g/mol. The van der Waals surface area contributed by atoms with Gasteiger partial charge in [0.2, 0.25) is 0 Å². The summed E-state index contributed by atoms with van der Waals surface area (Å²) >= 11 is 0. The van der Waals surface area contributed by atoms with Gasteiger partial charge in [-0.1, -0.05) is 0 Å². The first-order valence-electron chi connectivity index (χ1n) is 4.36. The van der Waals surface area contributed by atoms with Gasteiger partial charge >= 0.3 is 0 Å². The van der Waals surface area contributed by atoms with Gasteiger partial charge in [0.25, 0.3) is 0 Å². The number of rotatable bonds is 5. The lowest BCUT2D eigenvalue weighted by Gasteiger charge is -2.12. The molecule has 1 aromatic rings. The van der Waals surface area contributed by atoms with Crippen molar-refractivity contribution < 1.29 is 4.74 Å². The molecule has 0 fully saturated rings. The number of aromatic nitrogens is 2. The van der Waals surface area contributed by atoms with Crippen molar-refractivity contribution in [2.24, 2.45) is 0 Å². The average Bonchev–Trinajstić information content (AvgIpc) is 2.16. The maximum absolute atomic E-state index is 4.97. The molecule has 0 amide bonds. The first kappa shape index (κ1) is 9.92. The second-order valence-electron chi connectivity index (χ2n) is 2.94. The molecule has 1 aromatic heterocycles. The van der Waals surface area contributed by atoms with Crippen LogP contribution >= 0.6 is 0 Å². The maximum Gasteiger partial charge on any atom is 0.148 e. The molecule has 4 nitrogen and oxygen atoms in total. The lowest BCUT2D eigenvalue weighted by molar-refractivity contribution is 0.191. The zero-order valence-corrected chi connectivity index (χ0v) is 8.03. The summed E-state index contributed by atoms with van der Waals surface area (Å²) in [4.78, 5) is 0. The Balaban J connectivity index is 2.32. The quantitative estimate of drug-likeness (QED) is 0.744. The first-order valence-corrected chi connectivity index (χ1v) is 4.36. The van der Waals surface area contributed by atoms with Gasteiger partial charge in [-0.25, -0.2) is 0 Å². The minimum absolute atomic E-state index is 0.358. The normalized spacial score (nSPS) is 12.5. The zero-order valence-electron chi connectivity index (χ0n) is 8.03. The molecule has 1 rings (SSSR count). The molecular weight excluding hydrogens is 166 g/mol. The van der Waals surface area contributed by atoms with Gasteiger partial charge in [-0.3, -0.25) is 0 Å². The first-order chi connectivity index (χ1) is 6.33. The van der Waals surface area contributed by atoms with E-state index in [1.807, 2.05) is 12.1 Å². The fourth-order valence-corrected chi connectivity index (χ4v) is 0.998. The van der Waals surface area contributed by atoms with Crippen molar-refractivity contribution in [3.8, 4) is 0 Å². The average molecular weight is 181 g/mol. The second kappa shape index (κ2) is 5.48. The van der Waals surface area contributed by atoms with Gasteiger partial charge in [0.1, 0.15) is 5.82 Å². The van der Waals surface area contributed by atoms with Crippen molar-refractivity contribution in [2.75, 3.05) is 19.0 Å². The minimum Gasteiger partial charge on any atom is -0.385 e. The van der Waals surface area contributed by atoms with Crippen LogP contribution < -0.4 is 5.32 Å². The minimum atomic E-state index is 0.358. The number of anilines is 1. The van der Waals surface area contributed by atoms with Crippen molar-refractivity contribution >= 4 is 5.82 Å². The molecule has 0 aliphatic rings. The zero-order chi connectivity index (χ0) is 9.52. The van der Waals surface area contributed by atoms with Gasteiger partial charge in [0.05, 0.1) is 0 Å². The molecule has 13 heavy (non-hydrogen) atoms. The number of hydrogen-bond acceptors (Lipinski definition) is 4. The van der Waals surface area contributed by atoms with Crippen LogP contribution in [0.4, 0.5) is 5.82 Å². The molecule has 1 unspecified atom stereocenters. The summed E-state index contributed by atoms with van der Waals surface area (Å²) in [6.07, 6.45) is 2.62. The number of nitrogens with one attached hydrogen (secondary N) is 1. The highest BCUT2D eigenvalue weighted by Crippen LogP contribution is 2.03. The standard InChI is InChI=1S/C9H15N3O/c1-8(5-7-13-2)11-9-4-3-6-10-12-9/h3-4,6,8H,5,7H2,1-2H3,(H,11,12). The molecule has 0 saturated heterocycles. The van der Waals surface area contributed by atoms with E-state index < -0.39 is 0 Å². The van der Waals surface area contributed by atoms with E-state index in [4.69, 9.17) is 4.74 Å². The highest BCUT2D eigenvalue weighted by molar-refractivity contribution is 5.32. The van der Waals surface area contributed by atoms with Crippen molar-refractivity contribution in [1.29, 1.82) is 0 Å². The van der Waals surface area contributed by atoms with Crippen molar-refractivity contribution in [3.63, 3.8) is 0 Å². The van der Waals surface area contributed by atoms with Gasteiger partial charge in [0, 0.05) is 26.0 Å². The van der Waals surface area contributed by atoms with Crippen molar-refractivity contribution in [1.82, 2.24) is 10.2 Å². The molecule has 72 valence electrons. The van der Waals surface area contributed by atoms with E-state index in [0.29, 0.717) is 6.04 Å². The summed E-state index contributed by atoms with van der Waals surface area (Å²) in [5.74, 6) is 0.811. The van der Waals surface area contributed by atoms with E-state index in [1.165, 1.54) is 0 Å². The number of methoxy groups -OCH3 is 1. The highest BCUT2D eigenvalue weighted by atomic mass is 16.5. The largest absolute Gasteiger partial charge is 0.385 e. The molecule has 0 aliphatic heterocycles. The third-order valence-corrected chi connectivity index (χ3v) is 1.72. The fourth-order valence-electron chi connectivity index (χ4n) is 0.998. The van der Waals surface area contributed by atoms with Crippen molar-refractivity contribution in [2.45, 2.75) is 19.4 Å². The Labute approximate surface area is 78.3 Å². The van der Waals surface area contributed by atoms with Crippen LogP contribution in [0.3, 0.4) is 0 Å². The summed E-state index contributed by atoms with van der Waals surface area (Å²) in [6.45, 7) is 2.85. The molecule has 1 heterocycles. The van der Waals surface area contributed by atoms with Crippen LogP contribution in [0.2, 0.25) is 0 Å². The SMILES string of the molecule is COCCC(C)Nc1cccnn1. The lowest BCUT2D eigenvalue weighted by atomic mass is 10.2. The Kier molecular flexibility index (Phi) is 4.18. The third kappa shape index (κ3) is 3.85. The topological polar surface area (TPSA) is 47.0 Å². The number of hydrogen-bond donors (Lipinski definition) is 1. The Hall–Kier alpha value is -1.16. The molecular formula is C9H15N3O. The molecule has 0 radical (unpaired) electrons. The van der Waals surface area contributed by atoms with Crippen LogP contribution in [0.25, 0.3) is 0 Å². The summed E-state index contributed by atoms with van der Waals surface area (Å²) in [5.41, 5.74) is 0. The Morgan fingerprint density at radius 3 is 3.08 bits per heavy atom. The van der Waals surface area contributed by atoms with E-state index in [2.05, 4.69) is 22.4 Å². The molecule has 0 aromatic carbocycles. The summed E-state index contributed by atoms with van der Waals surface area (Å²) in [7, 11) is 1.70. The molecule has 4 heteroatoms. The summed E-state index contributed by atoms with van der Waals surface area (Å²) in [6, 6.07) is 4.12. The molecule has 0 saturated carbocycles. The number of nitrogens with zero attached hydrogens (tertiary/aromatic N) is 2. The second-order valence-corrected chi connectivity index (χ2v) is 2.94. The van der Waals surface area contributed by atoms with Gasteiger partial charge in [-0.05, 0) is 25.5 Å². The van der Waals surface area contributed by atoms with Crippen molar-refractivity contribution in [3.05, 3.63) is 18.3 Å². The van der Waals surface area contributed by atoms with Gasteiger partial charge in [-0.15, -0.1) is 5.10 Å². The van der Waals surface area contributed by atoms with E-state index in [9.17, 15) is 0 Å². The smallest absolute Gasteiger partial charge is 0.148 e. The fraction of sp³-hybridized carbons (Fsp3) is 0.556. The summed E-state index contributed by atoms with van der Waals surface area (Å²) < 4.78 is 4.97. The summed E-state index contributed by atoms with van der Waals surface area (Å²) in [5, 5.41) is 10.9. The van der Waals surface area contributed by atoms with Gasteiger partial charge in [0.15, 0.2) is 0 Å². The number of ether oxygens (including phenoxy) is 1. The predicted octanol–water partition coefficient (Wildman–Crippen LogP) is 1.31. The molecule has 0 aliphatic carbocycles. The van der Waals surface area contributed by atoms with Crippen LogP contribution in [-0.2, 0) is 4.74 Å². The van der Waals surface area contributed by atoms with E-state index in [-0.39, 0.29) is 0 Å². The van der Waals surface area contributed by atoms with E-state index >= 15 is 0 Å². The van der Waals surface area contributed by atoms with Crippen LogP contribution in [0.1, 0.15) is 13.3 Å². The Morgan fingerprint density at radius 1 is 1.62 bits per heavy atom. The lowest BCUT2D eigenvalue weighted by Crippen LogP contribution is -2.18.